The fraction of sp³-hybridized carbons (Fsp3) is 0.375. The SMILES string of the molecule is O=C(CSc1ncc(-c2ccc(F)cc2)[nH]1)NCC1CCCO1. The van der Waals surface area contributed by atoms with E-state index in [-0.39, 0.29) is 17.8 Å². The standard InChI is InChI=1S/C16H18FN3O2S/c17-12-5-3-11(4-6-12)14-9-19-16(20-14)23-10-15(21)18-8-13-2-1-7-22-13/h3-6,9,13H,1-2,7-8,10H2,(H,18,21)(H,19,20). The Balaban J connectivity index is 1.47. The number of carbonyl (C=O) groups excluding carboxylic acids is 1. The first kappa shape index (κ1) is 16.0. The number of halogens is 1. The van der Waals surface area contributed by atoms with Gasteiger partial charge >= 0.3 is 0 Å². The molecule has 1 unspecified atom stereocenters. The fourth-order valence-electron chi connectivity index (χ4n) is 2.37. The summed E-state index contributed by atoms with van der Waals surface area (Å²) in [5, 5.41) is 3.53. The highest BCUT2D eigenvalue weighted by atomic mass is 32.2. The number of benzene rings is 1. The van der Waals surface area contributed by atoms with E-state index in [2.05, 4.69) is 15.3 Å². The minimum Gasteiger partial charge on any atom is -0.376 e. The van der Waals surface area contributed by atoms with E-state index in [0.29, 0.717) is 17.5 Å². The molecule has 5 nitrogen and oxygen atoms in total. The zero-order chi connectivity index (χ0) is 16.1. The number of nitrogens with one attached hydrogen (secondary N) is 2. The van der Waals surface area contributed by atoms with E-state index < -0.39 is 0 Å². The number of carbonyl (C=O) groups is 1. The highest BCUT2D eigenvalue weighted by Crippen LogP contribution is 2.21. The molecule has 122 valence electrons. The number of aromatic amines is 1. The van der Waals surface area contributed by atoms with Crippen molar-refractivity contribution in [1.82, 2.24) is 15.3 Å². The molecule has 7 heteroatoms. The molecule has 1 amide bonds. The van der Waals surface area contributed by atoms with Gasteiger partial charge in [0, 0.05) is 13.2 Å². The fourth-order valence-corrected chi connectivity index (χ4v) is 3.05. The van der Waals surface area contributed by atoms with E-state index in [9.17, 15) is 9.18 Å². The van der Waals surface area contributed by atoms with Crippen molar-refractivity contribution in [2.45, 2.75) is 24.1 Å². The number of H-pyrrole nitrogens is 1. The number of nitrogens with zero attached hydrogens (tertiary/aromatic N) is 1. The van der Waals surface area contributed by atoms with Crippen LogP contribution in [-0.4, -0.2) is 40.9 Å². The number of rotatable bonds is 6. The predicted molar refractivity (Wildman–Crippen MR) is 86.7 cm³/mol. The molecule has 0 aliphatic carbocycles. The Hall–Kier alpha value is -1.86. The summed E-state index contributed by atoms with van der Waals surface area (Å²) in [6, 6.07) is 6.18. The summed E-state index contributed by atoms with van der Waals surface area (Å²) >= 11 is 1.34. The second-order valence-corrected chi connectivity index (χ2v) is 6.30. The second-order valence-electron chi connectivity index (χ2n) is 5.34. The molecule has 0 spiro atoms. The van der Waals surface area contributed by atoms with Crippen molar-refractivity contribution in [2.24, 2.45) is 0 Å². The maximum Gasteiger partial charge on any atom is 0.230 e. The van der Waals surface area contributed by atoms with Crippen LogP contribution >= 0.6 is 11.8 Å². The normalized spacial score (nSPS) is 17.3. The van der Waals surface area contributed by atoms with Crippen LogP contribution in [-0.2, 0) is 9.53 Å². The molecule has 23 heavy (non-hydrogen) atoms. The minimum atomic E-state index is -0.272. The Labute approximate surface area is 138 Å². The van der Waals surface area contributed by atoms with E-state index >= 15 is 0 Å². The van der Waals surface area contributed by atoms with Gasteiger partial charge in [-0.2, -0.15) is 0 Å². The van der Waals surface area contributed by atoms with Gasteiger partial charge in [-0.25, -0.2) is 9.37 Å². The van der Waals surface area contributed by atoms with Crippen LogP contribution in [0.15, 0.2) is 35.6 Å². The van der Waals surface area contributed by atoms with E-state index in [4.69, 9.17) is 4.74 Å². The number of hydrogen-bond acceptors (Lipinski definition) is 4. The van der Waals surface area contributed by atoms with Crippen LogP contribution in [0, 0.1) is 5.82 Å². The third-order valence-corrected chi connectivity index (χ3v) is 4.49. The Bertz CT molecular complexity index is 654. The summed E-state index contributed by atoms with van der Waals surface area (Å²) in [6.45, 7) is 1.35. The maximum absolute atomic E-state index is 12.9. The molecule has 1 fully saturated rings. The van der Waals surface area contributed by atoms with Gasteiger partial charge in [0.1, 0.15) is 5.82 Å². The number of thioether (sulfide) groups is 1. The minimum absolute atomic E-state index is 0.0368. The van der Waals surface area contributed by atoms with E-state index in [1.54, 1.807) is 18.3 Å². The van der Waals surface area contributed by atoms with E-state index in [1.807, 2.05) is 0 Å². The summed E-state index contributed by atoms with van der Waals surface area (Å²) in [6.07, 6.45) is 3.90. The molecule has 1 aliphatic rings. The molecular weight excluding hydrogens is 317 g/mol. The Morgan fingerprint density at radius 3 is 3.00 bits per heavy atom. The van der Waals surface area contributed by atoms with Gasteiger partial charge in [-0.1, -0.05) is 11.8 Å². The quantitative estimate of drug-likeness (QED) is 0.797. The third-order valence-electron chi connectivity index (χ3n) is 3.60. The lowest BCUT2D eigenvalue weighted by molar-refractivity contribution is -0.119. The van der Waals surface area contributed by atoms with Crippen LogP contribution in [0.2, 0.25) is 0 Å². The van der Waals surface area contributed by atoms with Crippen molar-refractivity contribution in [3.63, 3.8) is 0 Å². The summed E-state index contributed by atoms with van der Waals surface area (Å²) < 4.78 is 18.4. The van der Waals surface area contributed by atoms with Gasteiger partial charge < -0.3 is 15.0 Å². The van der Waals surface area contributed by atoms with Crippen LogP contribution in [0.3, 0.4) is 0 Å². The lowest BCUT2D eigenvalue weighted by atomic mass is 10.2. The average Bonchev–Trinajstić information content (AvgIpc) is 3.23. The Morgan fingerprint density at radius 2 is 2.26 bits per heavy atom. The first-order valence-corrected chi connectivity index (χ1v) is 8.51. The lowest BCUT2D eigenvalue weighted by Gasteiger charge is -2.10. The number of ether oxygens (including phenoxy) is 1. The van der Waals surface area contributed by atoms with Crippen LogP contribution < -0.4 is 5.32 Å². The van der Waals surface area contributed by atoms with E-state index in [0.717, 1.165) is 30.7 Å². The lowest BCUT2D eigenvalue weighted by Crippen LogP contribution is -2.32. The van der Waals surface area contributed by atoms with Crippen molar-refractivity contribution < 1.29 is 13.9 Å². The molecule has 2 aromatic rings. The van der Waals surface area contributed by atoms with Gasteiger partial charge in [0.25, 0.3) is 0 Å². The summed E-state index contributed by atoms with van der Waals surface area (Å²) in [7, 11) is 0. The number of amides is 1. The van der Waals surface area contributed by atoms with Crippen LogP contribution in [0.25, 0.3) is 11.3 Å². The maximum atomic E-state index is 12.9. The predicted octanol–water partition coefficient (Wildman–Crippen LogP) is 2.60. The summed E-state index contributed by atoms with van der Waals surface area (Å²) in [4.78, 5) is 19.2. The molecular formula is C16H18FN3O2S. The third kappa shape index (κ3) is 4.56. The first-order chi connectivity index (χ1) is 11.2. The van der Waals surface area contributed by atoms with Crippen molar-refractivity contribution in [1.29, 1.82) is 0 Å². The van der Waals surface area contributed by atoms with Gasteiger partial charge in [0.15, 0.2) is 5.16 Å². The smallest absolute Gasteiger partial charge is 0.230 e. The zero-order valence-electron chi connectivity index (χ0n) is 12.5. The van der Waals surface area contributed by atoms with E-state index in [1.165, 1.54) is 23.9 Å². The van der Waals surface area contributed by atoms with Crippen molar-refractivity contribution in [2.75, 3.05) is 18.9 Å². The van der Waals surface area contributed by atoms with Crippen molar-refractivity contribution >= 4 is 17.7 Å². The van der Waals surface area contributed by atoms with Gasteiger partial charge in [-0.05, 0) is 42.7 Å². The highest BCUT2D eigenvalue weighted by molar-refractivity contribution is 7.99. The second kappa shape index (κ2) is 7.61. The molecule has 1 saturated heterocycles. The Kier molecular flexibility index (Phi) is 5.30. The van der Waals surface area contributed by atoms with Gasteiger partial charge in [0.2, 0.25) is 5.91 Å². The monoisotopic (exact) mass is 335 g/mol. The van der Waals surface area contributed by atoms with Crippen LogP contribution in [0.5, 0.6) is 0 Å². The molecule has 1 aromatic carbocycles. The van der Waals surface area contributed by atoms with Gasteiger partial charge in [-0.3, -0.25) is 4.79 Å². The number of aromatic nitrogens is 2. The van der Waals surface area contributed by atoms with Gasteiger partial charge in [-0.15, -0.1) is 0 Å². The molecule has 1 aliphatic heterocycles. The molecule has 0 radical (unpaired) electrons. The average molecular weight is 335 g/mol. The largest absolute Gasteiger partial charge is 0.376 e. The molecule has 3 rings (SSSR count). The molecule has 2 N–H and O–H groups in total. The number of hydrogen-bond donors (Lipinski definition) is 2. The summed E-state index contributed by atoms with van der Waals surface area (Å²) in [5.74, 6) is -0.0145. The van der Waals surface area contributed by atoms with Crippen LogP contribution in [0.4, 0.5) is 4.39 Å². The molecule has 0 saturated carbocycles. The summed E-state index contributed by atoms with van der Waals surface area (Å²) in [5.41, 5.74) is 1.65. The van der Waals surface area contributed by atoms with Gasteiger partial charge in [0.05, 0.1) is 23.7 Å². The molecule has 1 atom stereocenters. The zero-order valence-corrected chi connectivity index (χ0v) is 13.4. The molecule has 1 aromatic heterocycles. The number of imidazole rings is 1. The van der Waals surface area contributed by atoms with Crippen molar-refractivity contribution in [3.05, 3.63) is 36.3 Å². The molecule has 2 heterocycles. The topological polar surface area (TPSA) is 67.0 Å². The Morgan fingerprint density at radius 1 is 1.43 bits per heavy atom. The van der Waals surface area contributed by atoms with Crippen LogP contribution in [0.1, 0.15) is 12.8 Å². The van der Waals surface area contributed by atoms with Crippen molar-refractivity contribution in [3.8, 4) is 11.3 Å². The first-order valence-electron chi connectivity index (χ1n) is 7.53. The highest BCUT2D eigenvalue weighted by Gasteiger charge is 2.16. The molecule has 0 bridgehead atoms.